The third-order valence-electron chi connectivity index (χ3n) is 8.27. The van der Waals surface area contributed by atoms with Crippen LogP contribution in [0.1, 0.15) is 31.2 Å². The van der Waals surface area contributed by atoms with E-state index < -0.39 is 0 Å². The second-order valence-electron chi connectivity index (χ2n) is 10.5. The number of hydrogen-bond acceptors (Lipinski definition) is 5. The van der Waals surface area contributed by atoms with Crippen molar-refractivity contribution in [1.82, 2.24) is 24.4 Å². The van der Waals surface area contributed by atoms with Crippen molar-refractivity contribution in [3.63, 3.8) is 0 Å². The van der Waals surface area contributed by atoms with Gasteiger partial charge < -0.3 is 15.2 Å². The van der Waals surface area contributed by atoms with Gasteiger partial charge in [0.2, 0.25) is 0 Å². The van der Waals surface area contributed by atoms with E-state index in [0.29, 0.717) is 5.82 Å². The number of anilines is 1. The van der Waals surface area contributed by atoms with Crippen molar-refractivity contribution in [1.29, 1.82) is 0 Å². The molecular formula is C30H30N6. The first-order valence-electron chi connectivity index (χ1n) is 12.9. The molecule has 180 valence electrons. The van der Waals surface area contributed by atoms with Crippen LogP contribution in [0.3, 0.4) is 0 Å². The van der Waals surface area contributed by atoms with E-state index in [0.717, 1.165) is 45.5 Å². The van der Waals surface area contributed by atoms with Crippen molar-refractivity contribution in [2.75, 3.05) is 25.4 Å². The Bertz CT molecular complexity index is 1590. The van der Waals surface area contributed by atoms with Gasteiger partial charge in [0, 0.05) is 29.3 Å². The summed E-state index contributed by atoms with van der Waals surface area (Å²) in [5.74, 6) is 0.537. The second-order valence-corrected chi connectivity index (χ2v) is 10.5. The minimum absolute atomic E-state index is 0.0872. The first-order chi connectivity index (χ1) is 17.6. The standard InChI is InChI=1S/C30H30N6/c1-20-15-25(21-7-3-2-4-8-21)34-26-16-22(9-10-23(20)26)24-17-36(29-27(24)28(31)32-19-33-29)30(11-5-12-30)18-35-13-6-14-35/h2-4,7-10,15-17,19H,5-6,11-14,18H2,1H3,(H2,31,32,33). The Morgan fingerprint density at radius 3 is 2.50 bits per heavy atom. The van der Waals surface area contributed by atoms with Crippen molar-refractivity contribution < 1.29 is 0 Å². The smallest absolute Gasteiger partial charge is 0.146 e. The van der Waals surface area contributed by atoms with E-state index in [1.54, 1.807) is 6.33 Å². The highest BCUT2D eigenvalue weighted by Gasteiger charge is 2.42. The lowest BCUT2D eigenvalue weighted by atomic mass is 9.75. The molecule has 2 fully saturated rings. The van der Waals surface area contributed by atoms with Crippen LogP contribution in [0.2, 0.25) is 0 Å². The molecule has 4 heterocycles. The summed E-state index contributed by atoms with van der Waals surface area (Å²) in [6.45, 7) is 5.64. The van der Waals surface area contributed by atoms with Gasteiger partial charge in [-0.1, -0.05) is 42.5 Å². The monoisotopic (exact) mass is 474 g/mol. The molecule has 1 saturated carbocycles. The number of pyridine rings is 1. The van der Waals surface area contributed by atoms with E-state index in [4.69, 9.17) is 15.7 Å². The third-order valence-corrected chi connectivity index (χ3v) is 8.27. The summed E-state index contributed by atoms with van der Waals surface area (Å²) in [7, 11) is 0. The molecule has 1 saturated heterocycles. The van der Waals surface area contributed by atoms with Gasteiger partial charge in [-0.05, 0) is 69.0 Å². The molecule has 6 heteroatoms. The van der Waals surface area contributed by atoms with E-state index in [2.05, 4.69) is 76.1 Å². The van der Waals surface area contributed by atoms with Gasteiger partial charge in [-0.3, -0.25) is 0 Å². The van der Waals surface area contributed by atoms with Gasteiger partial charge in [0.05, 0.1) is 22.1 Å². The van der Waals surface area contributed by atoms with Crippen LogP contribution in [-0.2, 0) is 5.54 Å². The SMILES string of the molecule is Cc1cc(-c2ccccc2)nc2cc(-c3cn(C4(CN5CCC5)CCC4)c4ncnc(N)c34)ccc12. The number of aromatic nitrogens is 4. The molecule has 1 aliphatic heterocycles. The van der Waals surface area contributed by atoms with E-state index >= 15 is 0 Å². The summed E-state index contributed by atoms with van der Waals surface area (Å²) < 4.78 is 2.42. The number of rotatable bonds is 5. The average molecular weight is 475 g/mol. The number of likely N-dealkylation sites (tertiary alicyclic amines) is 1. The average Bonchev–Trinajstić information content (AvgIpc) is 3.24. The second kappa shape index (κ2) is 8.14. The molecule has 36 heavy (non-hydrogen) atoms. The zero-order valence-corrected chi connectivity index (χ0v) is 20.6. The van der Waals surface area contributed by atoms with Gasteiger partial charge in [-0.25, -0.2) is 15.0 Å². The Balaban J connectivity index is 1.40. The Kier molecular flexibility index (Phi) is 4.86. The molecule has 0 amide bonds. The Morgan fingerprint density at radius 1 is 0.944 bits per heavy atom. The largest absolute Gasteiger partial charge is 0.383 e. The van der Waals surface area contributed by atoms with Gasteiger partial charge in [0.25, 0.3) is 0 Å². The quantitative estimate of drug-likeness (QED) is 0.349. The number of nitrogen functional groups attached to an aromatic ring is 1. The Hall–Kier alpha value is -3.77. The fourth-order valence-electron chi connectivity index (χ4n) is 6.01. The van der Waals surface area contributed by atoms with Crippen LogP contribution in [0.4, 0.5) is 5.82 Å². The molecule has 0 bridgehead atoms. The normalized spacial score (nSPS) is 17.2. The highest BCUT2D eigenvalue weighted by molar-refractivity contribution is 6.02. The summed E-state index contributed by atoms with van der Waals surface area (Å²) in [6.07, 6.45) is 8.79. The van der Waals surface area contributed by atoms with Crippen molar-refractivity contribution in [2.24, 2.45) is 0 Å². The van der Waals surface area contributed by atoms with Crippen LogP contribution >= 0.6 is 0 Å². The van der Waals surface area contributed by atoms with Crippen molar-refractivity contribution in [3.05, 3.63) is 72.7 Å². The molecule has 2 aromatic carbocycles. The van der Waals surface area contributed by atoms with Crippen LogP contribution in [0.5, 0.6) is 0 Å². The van der Waals surface area contributed by atoms with E-state index in [-0.39, 0.29) is 5.54 Å². The fraction of sp³-hybridized carbons (Fsp3) is 0.300. The summed E-state index contributed by atoms with van der Waals surface area (Å²) >= 11 is 0. The molecule has 3 aromatic heterocycles. The molecule has 2 aliphatic rings. The number of benzene rings is 2. The van der Waals surface area contributed by atoms with Gasteiger partial charge in [0.1, 0.15) is 17.8 Å². The van der Waals surface area contributed by atoms with Gasteiger partial charge in [-0.15, -0.1) is 0 Å². The minimum atomic E-state index is 0.0872. The van der Waals surface area contributed by atoms with Crippen molar-refractivity contribution in [2.45, 2.75) is 38.1 Å². The van der Waals surface area contributed by atoms with Gasteiger partial charge in [0.15, 0.2) is 0 Å². The molecule has 0 spiro atoms. The summed E-state index contributed by atoms with van der Waals surface area (Å²) in [5.41, 5.74) is 14.0. The molecule has 1 aliphatic carbocycles. The Labute approximate surface area is 210 Å². The number of nitrogens with zero attached hydrogens (tertiary/aromatic N) is 5. The number of fused-ring (bicyclic) bond motifs is 2. The zero-order chi connectivity index (χ0) is 24.3. The summed E-state index contributed by atoms with van der Waals surface area (Å²) in [4.78, 5) is 16.8. The zero-order valence-electron chi connectivity index (χ0n) is 20.6. The molecule has 5 aromatic rings. The first-order valence-corrected chi connectivity index (χ1v) is 12.9. The maximum absolute atomic E-state index is 6.50. The topological polar surface area (TPSA) is 72.9 Å². The van der Waals surface area contributed by atoms with E-state index in [9.17, 15) is 0 Å². The fourth-order valence-corrected chi connectivity index (χ4v) is 6.01. The van der Waals surface area contributed by atoms with Crippen molar-refractivity contribution in [3.8, 4) is 22.4 Å². The van der Waals surface area contributed by atoms with Crippen LogP contribution in [0.15, 0.2) is 67.1 Å². The predicted molar refractivity (Wildman–Crippen MR) is 146 cm³/mol. The van der Waals surface area contributed by atoms with E-state index in [1.807, 2.05) is 6.07 Å². The van der Waals surface area contributed by atoms with Gasteiger partial charge in [-0.2, -0.15) is 0 Å². The highest BCUT2D eigenvalue weighted by atomic mass is 15.2. The van der Waals surface area contributed by atoms with Crippen LogP contribution in [0, 0.1) is 6.92 Å². The van der Waals surface area contributed by atoms with Crippen LogP contribution in [-0.4, -0.2) is 44.1 Å². The van der Waals surface area contributed by atoms with Crippen molar-refractivity contribution >= 4 is 27.8 Å². The summed E-state index contributed by atoms with van der Waals surface area (Å²) in [5, 5.41) is 2.11. The Morgan fingerprint density at radius 2 is 1.78 bits per heavy atom. The molecule has 2 N–H and O–H groups in total. The van der Waals surface area contributed by atoms with Crippen LogP contribution < -0.4 is 5.73 Å². The van der Waals surface area contributed by atoms with Crippen LogP contribution in [0.25, 0.3) is 44.3 Å². The highest BCUT2D eigenvalue weighted by Crippen LogP contribution is 2.45. The number of hydrogen-bond donors (Lipinski definition) is 1. The molecule has 0 unspecified atom stereocenters. The predicted octanol–water partition coefficient (Wildman–Crippen LogP) is 5.79. The maximum Gasteiger partial charge on any atom is 0.146 e. The number of aryl methyl sites for hydroxylation is 1. The number of nitrogens with two attached hydrogens (primary N) is 1. The molecule has 7 rings (SSSR count). The molecule has 0 radical (unpaired) electrons. The molecule has 6 nitrogen and oxygen atoms in total. The van der Waals surface area contributed by atoms with E-state index in [1.165, 1.54) is 49.7 Å². The first kappa shape index (κ1) is 21.5. The molecular weight excluding hydrogens is 444 g/mol. The lowest BCUT2D eigenvalue weighted by Gasteiger charge is -2.48. The van der Waals surface area contributed by atoms with Gasteiger partial charge >= 0.3 is 0 Å². The third kappa shape index (κ3) is 3.32. The lowest BCUT2D eigenvalue weighted by Crippen LogP contribution is -2.53. The summed E-state index contributed by atoms with van der Waals surface area (Å²) in [6, 6.07) is 19.1. The minimum Gasteiger partial charge on any atom is -0.383 e. The lowest BCUT2D eigenvalue weighted by molar-refractivity contribution is 0.0488. The molecule has 0 atom stereocenters. The maximum atomic E-state index is 6.50.